The molecule has 0 fully saturated rings. The van der Waals surface area contributed by atoms with E-state index >= 15 is 0 Å². The molecule has 0 saturated heterocycles. The zero-order valence-electron chi connectivity index (χ0n) is 11.1. The van der Waals surface area contributed by atoms with Gasteiger partial charge in [-0.1, -0.05) is 57.9 Å². The van der Waals surface area contributed by atoms with Gasteiger partial charge in [-0.05, 0) is 35.9 Å². The van der Waals surface area contributed by atoms with Gasteiger partial charge in [-0.25, -0.2) is 4.98 Å². The quantitative estimate of drug-likeness (QED) is 0.642. The molecule has 1 heterocycles. The number of halogens is 2. The summed E-state index contributed by atoms with van der Waals surface area (Å²) in [6.45, 7) is 0. The highest BCUT2D eigenvalue weighted by atomic mass is 79.9. The van der Waals surface area contributed by atoms with Gasteiger partial charge in [0.15, 0.2) is 0 Å². The maximum atomic E-state index is 5.89. The second-order valence-corrected chi connectivity index (χ2v) is 5.91. The highest BCUT2D eigenvalue weighted by Crippen LogP contribution is 2.20. The molecule has 0 spiro atoms. The van der Waals surface area contributed by atoms with Crippen LogP contribution in [-0.4, -0.2) is 9.97 Å². The fourth-order valence-corrected chi connectivity index (χ4v) is 2.33. The first-order valence-electron chi connectivity index (χ1n) is 6.46. The SMILES string of the molecule is Clc1ccc(-c2c[nH]c(C=Cc3ccc(Br)cc3)n2)cc1. The number of aromatic amines is 1. The van der Waals surface area contributed by atoms with E-state index in [0.717, 1.165) is 32.1 Å². The minimum atomic E-state index is 0.727. The van der Waals surface area contributed by atoms with Crippen LogP contribution in [0.2, 0.25) is 5.02 Å². The van der Waals surface area contributed by atoms with Gasteiger partial charge in [-0.15, -0.1) is 0 Å². The number of hydrogen-bond donors (Lipinski definition) is 1. The van der Waals surface area contributed by atoms with Crippen molar-refractivity contribution in [3.8, 4) is 11.3 Å². The van der Waals surface area contributed by atoms with Crippen LogP contribution in [0.5, 0.6) is 0 Å². The van der Waals surface area contributed by atoms with Crippen LogP contribution in [0.4, 0.5) is 0 Å². The van der Waals surface area contributed by atoms with E-state index in [2.05, 4.69) is 25.9 Å². The van der Waals surface area contributed by atoms with Gasteiger partial charge in [-0.3, -0.25) is 0 Å². The second kappa shape index (κ2) is 6.29. The van der Waals surface area contributed by atoms with Crippen molar-refractivity contribution in [2.75, 3.05) is 0 Å². The van der Waals surface area contributed by atoms with E-state index in [4.69, 9.17) is 11.6 Å². The maximum Gasteiger partial charge on any atom is 0.130 e. The Hall–Kier alpha value is -1.84. The van der Waals surface area contributed by atoms with E-state index in [-0.39, 0.29) is 0 Å². The molecule has 0 unspecified atom stereocenters. The van der Waals surface area contributed by atoms with E-state index in [1.165, 1.54) is 0 Å². The molecule has 0 aliphatic rings. The molecule has 0 amide bonds. The molecule has 0 saturated carbocycles. The Morgan fingerprint density at radius 1 is 0.952 bits per heavy atom. The van der Waals surface area contributed by atoms with E-state index in [9.17, 15) is 0 Å². The van der Waals surface area contributed by atoms with Crippen molar-refractivity contribution in [2.45, 2.75) is 0 Å². The molecule has 2 aromatic carbocycles. The largest absolute Gasteiger partial charge is 0.344 e. The number of hydrogen-bond acceptors (Lipinski definition) is 1. The average molecular weight is 360 g/mol. The molecular weight excluding hydrogens is 348 g/mol. The summed E-state index contributed by atoms with van der Waals surface area (Å²) in [6.07, 6.45) is 5.88. The van der Waals surface area contributed by atoms with Crippen LogP contribution >= 0.6 is 27.5 Å². The third-order valence-electron chi connectivity index (χ3n) is 3.04. The lowest BCUT2D eigenvalue weighted by molar-refractivity contribution is 1.27. The predicted octanol–water partition coefficient (Wildman–Crippen LogP) is 5.66. The Morgan fingerprint density at radius 3 is 2.38 bits per heavy atom. The van der Waals surface area contributed by atoms with Crippen LogP contribution in [0.1, 0.15) is 11.4 Å². The van der Waals surface area contributed by atoms with Gasteiger partial charge in [0.05, 0.1) is 5.69 Å². The summed E-state index contributed by atoms with van der Waals surface area (Å²) in [5.41, 5.74) is 3.07. The molecule has 1 aromatic heterocycles. The van der Waals surface area contributed by atoms with Gasteiger partial charge in [0.25, 0.3) is 0 Å². The maximum absolute atomic E-state index is 5.89. The second-order valence-electron chi connectivity index (χ2n) is 4.56. The van der Waals surface area contributed by atoms with Crippen molar-refractivity contribution in [3.63, 3.8) is 0 Å². The van der Waals surface area contributed by atoms with Gasteiger partial charge in [-0.2, -0.15) is 0 Å². The molecule has 104 valence electrons. The molecule has 0 bridgehead atoms. The van der Waals surface area contributed by atoms with Crippen molar-refractivity contribution in [3.05, 3.63) is 75.6 Å². The predicted molar refractivity (Wildman–Crippen MR) is 92.1 cm³/mol. The number of aromatic nitrogens is 2. The normalized spacial score (nSPS) is 11.1. The lowest BCUT2D eigenvalue weighted by Crippen LogP contribution is -1.78. The molecule has 21 heavy (non-hydrogen) atoms. The van der Waals surface area contributed by atoms with Crippen LogP contribution in [-0.2, 0) is 0 Å². The molecule has 1 N–H and O–H groups in total. The summed E-state index contributed by atoms with van der Waals surface area (Å²) in [6, 6.07) is 15.8. The third-order valence-corrected chi connectivity index (χ3v) is 3.82. The van der Waals surface area contributed by atoms with Crippen molar-refractivity contribution in [1.82, 2.24) is 9.97 Å². The van der Waals surface area contributed by atoms with Crippen molar-refractivity contribution >= 4 is 39.7 Å². The number of benzene rings is 2. The lowest BCUT2D eigenvalue weighted by atomic mass is 10.2. The van der Waals surface area contributed by atoms with Gasteiger partial charge >= 0.3 is 0 Å². The van der Waals surface area contributed by atoms with Crippen LogP contribution in [0.3, 0.4) is 0 Å². The summed E-state index contributed by atoms with van der Waals surface area (Å²) in [5, 5.41) is 0.727. The van der Waals surface area contributed by atoms with Crippen molar-refractivity contribution < 1.29 is 0 Å². The summed E-state index contributed by atoms with van der Waals surface area (Å²) in [7, 11) is 0. The molecule has 4 heteroatoms. The number of imidazole rings is 1. The molecule has 0 aliphatic heterocycles. The molecular formula is C17H12BrClN2. The zero-order chi connectivity index (χ0) is 14.7. The number of nitrogens with one attached hydrogen (secondary N) is 1. The molecule has 0 atom stereocenters. The topological polar surface area (TPSA) is 28.7 Å². The Labute approximate surface area is 136 Å². The van der Waals surface area contributed by atoms with Gasteiger partial charge in [0.2, 0.25) is 0 Å². The molecule has 3 aromatic rings. The Kier molecular flexibility index (Phi) is 4.23. The first-order chi connectivity index (χ1) is 10.2. The summed E-state index contributed by atoms with van der Waals surface area (Å²) in [4.78, 5) is 7.71. The first kappa shape index (κ1) is 14.1. The molecule has 0 radical (unpaired) electrons. The van der Waals surface area contributed by atoms with E-state index in [1.807, 2.05) is 66.9 Å². The number of nitrogens with zero attached hydrogens (tertiary/aromatic N) is 1. The number of H-pyrrole nitrogens is 1. The minimum Gasteiger partial charge on any atom is -0.344 e. The molecule has 2 nitrogen and oxygen atoms in total. The van der Waals surface area contributed by atoms with Crippen molar-refractivity contribution in [1.29, 1.82) is 0 Å². The first-order valence-corrected chi connectivity index (χ1v) is 7.63. The fourth-order valence-electron chi connectivity index (χ4n) is 1.94. The lowest BCUT2D eigenvalue weighted by Gasteiger charge is -1.95. The van der Waals surface area contributed by atoms with Gasteiger partial charge < -0.3 is 4.98 Å². The van der Waals surface area contributed by atoms with Gasteiger partial charge in [0, 0.05) is 21.3 Å². The van der Waals surface area contributed by atoms with Crippen LogP contribution in [0.15, 0.2) is 59.2 Å². The average Bonchev–Trinajstić information content (AvgIpc) is 2.96. The summed E-state index contributed by atoms with van der Waals surface area (Å²) >= 11 is 9.31. The van der Waals surface area contributed by atoms with E-state index < -0.39 is 0 Å². The van der Waals surface area contributed by atoms with E-state index in [0.29, 0.717) is 0 Å². The molecule has 3 rings (SSSR count). The summed E-state index contributed by atoms with van der Waals surface area (Å²) < 4.78 is 1.07. The minimum absolute atomic E-state index is 0.727. The molecule has 0 aliphatic carbocycles. The number of rotatable bonds is 3. The highest BCUT2D eigenvalue weighted by Gasteiger charge is 2.01. The van der Waals surface area contributed by atoms with Crippen LogP contribution < -0.4 is 0 Å². The Morgan fingerprint density at radius 2 is 1.67 bits per heavy atom. The standard InChI is InChI=1S/C17H12BrClN2/c18-14-6-1-12(2-7-14)3-10-17-20-11-16(21-17)13-4-8-15(19)9-5-13/h1-11H,(H,20,21). The van der Waals surface area contributed by atoms with Crippen molar-refractivity contribution in [2.24, 2.45) is 0 Å². The van der Waals surface area contributed by atoms with Crippen LogP contribution in [0.25, 0.3) is 23.4 Å². The fraction of sp³-hybridized carbons (Fsp3) is 0. The Balaban J connectivity index is 1.78. The third kappa shape index (κ3) is 3.63. The zero-order valence-corrected chi connectivity index (χ0v) is 13.4. The Bertz CT molecular complexity index is 758. The van der Waals surface area contributed by atoms with E-state index in [1.54, 1.807) is 0 Å². The monoisotopic (exact) mass is 358 g/mol. The van der Waals surface area contributed by atoms with Gasteiger partial charge in [0.1, 0.15) is 5.82 Å². The highest BCUT2D eigenvalue weighted by molar-refractivity contribution is 9.10. The van der Waals surface area contributed by atoms with Crippen LogP contribution in [0, 0.1) is 0 Å². The summed E-state index contributed by atoms with van der Waals surface area (Å²) in [5.74, 6) is 0.822. The smallest absolute Gasteiger partial charge is 0.130 e.